The van der Waals surface area contributed by atoms with Crippen molar-refractivity contribution in [2.75, 3.05) is 26.2 Å². The number of nitrogens with one attached hydrogen (secondary N) is 1. The van der Waals surface area contributed by atoms with E-state index in [9.17, 15) is 0 Å². The lowest BCUT2D eigenvalue weighted by atomic mass is 10.1. The lowest BCUT2D eigenvalue weighted by Gasteiger charge is -2.32. The van der Waals surface area contributed by atoms with Crippen molar-refractivity contribution < 1.29 is 4.74 Å². The van der Waals surface area contributed by atoms with Crippen LogP contribution in [0.5, 0.6) is 0 Å². The fourth-order valence-corrected chi connectivity index (χ4v) is 2.92. The van der Waals surface area contributed by atoms with Crippen LogP contribution in [0.1, 0.15) is 71.1 Å². The molecule has 1 fully saturated rings. The van der Waals surface area contributed by atoms with Gasteiger partial charge in [-0.1, -0.05) is 64.7 Å². The second-order valence-corrected chi connectivity index (χ2v) is 6.30. The number of nitrogens with two attached hydrogens (primary N) is 1. The Hall–Kier alpha value is -0.610. The summed E-state index contributed by atoms with van der Waals surface area (Å²) in [5, 5.41) is 7.45. The summed E-state index contributed by atoms with van der Waals surface area (Å²) >= 11 is 0. The Bertz CT molecular complexity index is 271. The Morgan fingerprint density at radius 3 is 2.19 bits per heavy atom. The number of unbranched alkanes of at least 4 members (excludes halogenated alkanes) is 9. The largest absolute Gasteiger partial charge is 0.385 e. The van der Waals surface area contributed by atoms with Gasteiger partial charge in [-0.05, 0) is 13.0 Å². The summed E-state index contributed by atoms with van der Waals surface area (Å²) in [6.45, 7) is 5.90. The van der Waals surface area contributed by atoms with Gasteiger partial charge in [-0.15, -0.1) is 0 Å². The Labute approximate surface area is 130 Å². The molecule has 1 heterocycles. The molecule has 0 aromatic heterocycles. The van der Waals surface area contributed by atoms with Gasteiger partial charge in [0.15, 0.2) is 0 Å². The zero-order valence-electron chi connectivity index (χ0n) is 13.9. The summed E-state index contributed by atoms with van der Waals surface area (Å²) in [6, 6.07) is 0. The van der Waals surface area contributed by atoms with Crippen LogP contribution >= 0.6 is 0 Å². The molecule has 0 amide bonds. The average Bonchev–Trinajstić information content (AvgIpc) is 2.49. The summed E-state index contributed by atoms with van der Waals surface area (Å²) in [7, 11) is 0. The van der Waals surface area contributed by atoms with E-state index in [1.807, 2.05) is 0 Å². The molecule has 3 N–H and O–H groups in total. The molecule has 1 unspecified atom stereocenters. The maximum Gasteiger partial charge on any atom is 0.127 e. The lowest BCUT2D eigenvalue weighted by molar-refractivity contribution is 0.00511. The first-order chi connectivity index (χ1) is 10.2. The molecule has 0 aliphatic carbocycles. The van der Waals surface area contributed by atoms with Crippen molar-refractivity contribution in [1.29, 1.82) is 5.41 Å². The van der Waals surface area contributed by atoms with Crippen LogP contribution in [-0.4, -0.2) is 43.1 Å². The molecule has 1 aliphatic rings. The van der Waals surface area contributed by atoms with Crippen LogP contribution in [0.25, 0.3) is 0 Å². The van der Waals surface area contributed by atoms with Crippen molar-refractivity contribution in [3.05, 3.63) is 0 Å². The predicted molar refractivity (Wildman–Crippen MR) is 89.9 cm³/mol. The Morgan fingerprint density at radius 2 is 1.62 bits per heavy atom. The fraction of sp³-hybridized carbons (Fsp3) is 0.941. The average molecular weight is 297 g/mol. The van der Waals surface area contributed by atoms with Gasteiger partial charge >= 0.3 is 0 Å². The molecule has 1 aliphatic heterocycles. The first-order valence-corrected chi connectivity index (χ1v) is 8.92. The van der Waals surface area contributed by atoms with Gasteiger partial charge in [0.1, 0.15) is 11.9 Å². The molecule has 0 radical (unpaired) electrons. The van der Waals surface area contributed by atoms with E-state index >= 15 is 0 Å². The van der Waals surface area contributed by atoms with Crippen LogP contribution in [0.2, 0.25) is 0 Å². The highest BCUT2D eigenvalue weighted by Gasteiger charge is 2.21. The number of nitrogens with zero attached hydrogens (tertiary/aromatic N) is 1. The van der Waals surface area contributed by atoms with Gasteiger partial charge in [0, 0.05) is 13.1 Å². The molecule has 1 atom stereocenters. The minimum atomic E-state index is -0.179. The molecule has 124 valence electrons. The Morgan fingerprint density at radius 1 is 1.05 bits per heavy atom. The molecule has 0 aromatic carbocycles. The molecular weight excluding hydrogens is 262 g/mol. The summed E-state index contributed by atoms with van der Waals surface area (Å²) in [4.78, 5) is 2.39. The van der Waals surface area contributed by atoms with Crippen molar-refractivity contribution in [2.45, 2.75) is 77.2 Å². The maximum atomic E-state index is 7.45. The lowest BCUT2D eigenvalue weighted by Crippen LogP contribution is -2.48. The summed E-state index contributed by atoms with van der Waals surface area (Å²) in [6.07, 6.45) is 13.6. The van der Waals surface area contributed by atoms with Gasteiger partial charge in [-0.3, -0.25) is 10.3 Å². The van der Waals surface area contributed by atoms with Gasteiger partial charge < -0.3 is 10.5 Å². The summed E-state index contributed by atoms with van der Waals surface area (Å²) in [5.74, 6) is 0.169. The van der Waals surface area contributed by atoms with E-state index in [4.69, 9.17) is 15.9 Å². The monoisotopic (exact) mass is 297 g/mol. The third-order valence-electron chi connectivity index (χ3n) is 4.33. The maximum absolute atomic E-state index is 7.45. The van der Waals surface area contributed by atoms with E-state index in [0.29, 0.717) is 6.61 Å². The quantitative estimate of drug-likeness (QED) is 0.329. The van der Waals surface area contributed by atoms with E-state index in [0.717, 1.165) is 19.6 Å². The van der Waals surface area contributed by atoms with Crippen molar-refractivity contribution in [1.82, 2.24) is 4.90 Å². The molecule has 0 spiro atoms. The summed E-state index contributed by atoms with van der Waals surface area (Å²) in [5.41, 5.74) is 5.51. The van der Waals surface area contributed by atoms with Gasteiger partial charge in [0.05, 0.1) is 6.61 Å². The van der Waals surface area contributed by atoms with E-state index in [1.54, 1.807) is 0 Å². The number of morpholine rings is 1. The Kier molecular flexibility index (Phi) is 10.5. The van der Waals surface area contributed by atoms with Crippen LogP contribution in [0, 0.1) is 5.41 Å². The van der Waals surface area contributed by atoms with E-state index in [2.05, 4.69) is 11.8 Å². The second kappa shape index (κ2) is 12.0. The molecule has 1 saturated heterocycles. The molecule has 0 aromatic rings. The predicted octanol–water partition coefficient (Wildman–Crippen LogP) is 3.54. The van der Waals surface area contributed by atoms with Crippen LogP contribution in [0.15, 0.2) is 0 Å². The molecule has 4 heteroatoms. The Balaban J connectivity index is 1.89. The fourth-order valence-electron chi connectivity index (χ4n) is 2.92. The smallest absolute Gasteiger partial charge is 0.127 e. The number of amidine groups is 1. The van der Waals surface area contributed by atoms with Crippen LogP contribution in [0.4, 0.5) is 0 Å². The van der Waals surface area contributed by atoms with Gasteiger partial charge in [0.2, 0.25) is 0 Å². The SMILES string of the molecule is CCCCCCCCCCCCN1CCOC(C(=N)N)C1. The van der Waals surface area contributed by atoms with E-state index < -0.39 is 0 Å². The number of hydrogen-bond donors (Lipinski definition) is 2. The third-order valence-corrected chi connectivity index (χ3v) is 4.33. The van der Waals surface area contributed by atoms with E-state index in [1.165, 1.54) is 64.2 Å². The number of rotatable bonds is 12. The highest BCUT2D eigenvalue weighted by atomic mass is 16.5. The highest BCUT2D eigenvalue weighted by molar-refractivity contribution is 5.82. The molecule has 4 nitrogen and oxygen atoms in total. The van der Waals surface area contributed by atoms with Crippen molar-refractivity contribution in [3.63, 3.8) is 0 Å². The van der Waals surface area contributed by atoms with Crippen LogP contribution in [0.3, 0.4) is 0 Å². The molecule has 0 saturated carbocycles. The van der Waals surface area contributed by atoms with Crippen molar-refractivity contribution in [3.8, 4) is 0 Å². The van der Waals surface area contributed by atoms with Gasteiger partial charge in [0.25, 0.3) is 0 Å². The van der Waals surface area contributed by atoms with Gasteiger partial charge in [-0.2, -0.15) is 0 Å². The van der Waals surface area contributed by atoms with E-state index in [-0.39, 0.29) is 11.9 Å². The molecular formula is C17H35N3O. The number of ether oxygens (including phenoxy) is 1. The second-order valence-electron chi connectivity index (χ2n) is 6.30. The molecule has 1 rings (SSSR count). The summed E-state index contributed by atoms with van der Waals surface area (Å²) < 4.78 is 5.48. The van der Waals surface area contributed by atoms with Crippen LogP contribution in [-0.2, 0) is 4.74 Å². The standard InChI is InChI=1S/C17H35N3O/c1-2-3-4-5-6-7-8-9-10-11-12-20-13-14-21-16(15-20)17(18)19/h16H,2-15H2,1H3,(H3,18,19). The molecule has 21 heavy (non-hydrogen) atoms. The first kappa shape index (κ1) is 18.4. The van der Waals surface area contributed by atoms with Crippen molar-refractivity contribution >= 4 is 5.84 Å². The highest BCUT2D eigenvalue weighted by Crippen LogP contribution is 2.12. The molecule has 0 bridgehead atoms. The number of hydrogen-bond acceptors (Lipinski definition) is 3. The van der Waals surface area contributed by atoms with Gasteiger partial charge in [-0.25, -0.2) is 0 Å². The van der Waals surface area contributed by atoms with Crippen molar-refractivity contribution in [2.24, 2.45) is 5.73 Å². The zero-order chi connectivity index (χ0) is 15.3. The first-order valence-electron chi connectivity index (χ1n) is 8.92. The minimum Gasteiger partial charge on any atom is -0.385 e. The third kappa shape index (κ3) is 9.10. The topological polar surface area (TPSA) is 62.3 Å². The zero-order valence-corrected chi connectivity index (χ0v) is 13.9. The minimum absolute atomic E-state index is 0.169. The normalized spacial score (nSPS) is 19.8. The van der Waals surface area contributed by atoms with Crippen LogP contribution < -0.4 is 5.73 Å².